The molecular weight excluding hydrogens is 288 g/mol. The molecule has 3 rings (SSSR count). The Hall–Kier alpha value is -1.81. The molecule has 1 aliphatic rings. The Balaban J connectivity index is 0.000000924. The lowest BCUT2D eigenvalue weighted by Gasteiger charge is -2.24. The predicted molar refractivity (Wildman–Crippen MR) is 95.0 cm³/mol. The minimum absolute atomic E-state index is 0.243. The first kappa shape index (κ1) is 17.5. The van der Waals surface area contributed by atoms with Crippen molar-refractivity contribution in [2.75, 3.05) is 20.2 Å². The average molecular weight is 316 g/mol. The van der Waals surface area contributed by atoms with E-state index in [1.165, 1.54) is 20.0 Å². The summed E-state index contributed by atoms with van der Waals surface area (Å²) in [5, 5.41) is 4.40. The number of carbonyl (C=O) groups excluding carboxylic acids is 1. The van der Waals surface area contributed by atoms with Crippen LogP contribution < -0.4 is 5.32 Å². The van der Waals surface area contributed by atoms with Crippen LogP contribution in [0.2, 0.25) is 0 Å². The van der Waals surface area contributed by atoms with Crippen LogP contribution in [0.5, 0.6) is 0 Å². The summed E-state index contributed by atoms with van der Waals surface area (Å²) < 4.78 is 7.26. The Kier molecular flexibility index (Phi) is 6.22. The number of nitrogens with one attached hydrogen (secondary N) is 1. The van der Waals surface area contributed by atoms with Crippen LogP contribution >= 0.6 is 0 Å². The zero-order chi connectivity index (χ0) is 16.8. The number of esters is 1. The van der Waals surface area contributed by atoms with Crippen molar-refractivity contribution < 1.29 is 9.53 Å². The maximum absolute atomic E-state index is 12.1. The smallest absolute Gasteiger partial charge is 0.340 e. The fourth-order valence-corrected chi connectivity index (χ4v) is 3.35. The van der Waals surface area contributed by atoms with E-state index in [0.717, 1.165) is 36.2 Å². The number of fused-ring (bicyclic) bond motifs is 1. The molecule has 1 N–H and O–H groups in total. The van der Waals surface area contributed by atoms with Gasteiger partial charge >= 0.3 is 5.97 Å². The van der Waals surface area contributed by atoms with Gasteiger partial charge in [0.2, 0.25) is 0 Å². The summed E-state index contributed by atoms with van der Waals surface area (Å²) in [7, 11) is 1.45. The van der Waals surface area contributed by atoms with Crippen LogP contribution in [-0.2, 0) is 11.3 Å². The molecule has 0 saturated carbocycles. The van der Waals surface area contributed by atoms with Crippen LogP contribution in [-0.4, -0.2) is 30.7 Å². The first-order valence-electron chi connectivity index (χ1n) is 8.59. The number of hydrogen-bond acceptors (Lipinski definition) is 3. The van der Waals surface area contributed by atoms with Gasteiger partial charge in [0.05, 0.1) is 12.7 Å². The molecule has 0 radical (unpaired) electrons. The van der Waals surface area contributed by atoms with Crippen molar-refractivity contribution in [1.29, 1.82) is 0 Å². The summed E-state index contributed by atoms with van der Waals surface area (Å²) in [6.45, 7) is 9.18. The normalized spacial score (nSPS) is 15.1. The van der Waals surface area contributed by atoms with E-state index in [9.17, 15) is 4.79 Å². The summed E-state index contributed by atoms with van der Waals surface area (Å²) in [5.41, 5.74) is 2.86. The maximum Gasteiger partial charge on any atom is 0.340 e. The van der Waals surface area contributed by atoms with Crippen molar-refractivity contribution in [3.05, 3.63) is 35.5 Å². The Morgan fingerprint density at radius 1 is 1.26 bits per heavy atom. The molecule has 1 fully saturated rings. The van der Waals surface area contributed by atoms with E-state index in [0.29, 0.717) is 11.5 Å². The minimum atomic E-state index is -0.243. The van der Waals surface area contributed by atoms with Crippen molar-refractivity contribution in [3.8, 4) is 0 Å². The molecule has 2 heterocycles. The van der Waals surface area contributed by atoms with Gasteiger partial charge in [0.1, 0.15) is 0 Å². The number of nitrogens with zero attached hydrogens (tertiary/aromatic N) is 1. The molecule has 1 aliphatic heterocycles. The number of aromatic nitrogens is 1. The van der Waals surface area contributed by atoms with E-state index in [4.69, 9.17) is 4.74 Å². The molecule has 4 nitrogen and oxygen atoms in total. The fraction of sp³-hybridized carbons (Fsp3) is 0.526. The summed E-state index contributed by atoms with van der Waals surface area (Å²) in [6.07, 6.45) is 2.39. The van der Waals surface area contributed by atoms with Crippen molar-refractivity contribution in [2.24, 2.45) is 5.92 Å². The van der Waals surface area contributed by atoms with Crippen molar-refractivity contribution in [1.82, 2.24) is 9.88 Å². The first-order valence-corrected chi connectivity index (χ1v) is 8.59. The van der Waals surface area contributed by atoms with Crippen LogP contribution in [0, 0.1) is 12.8 Å². The third-order valence-electron chi connectivity index (χ3n) is 4.52. The summed E-state index contributed by atoms with van der Waals surface area (Å²) >= 11 is 0. The van der Waals surface area contributed by atoms with Crippen LogP contribution in [0.25, 0.3) is 10.9 Å². The lowest BCUT2D eigenvalue weighted by Crippen LogP contribution is -2.30. The second-order valence-electron chi connectivity index (χ2n) is 5.77. The SMILES string of the molecule is CC.COC(=O)c1c(C)n(CC2CCNCC2)c2ccccc12. The quantitative estimate of drug-likeness (QED) is 0.877. The van der Waals surface area contributed by atoms with Gasteiger partial charge in [-0.05, 0) is 44.8 Å². The Labute approximate surface area is 138 Å². The van der Waals surface area contributed by atoms with Crippen LogP contribution in [0.4, 0.5) is 0 Å². The number of methoxy groups -OCH3 is 1. The zero-order valence-electron chi connectivity index (χ0n) is 14.7. The zero-order valence-corrected chi connectivity index (χ0v) is 14.7. The first-order chi connectivity index (χ1) is 11.2. The number of ether oxygens (including phenoxy) is 1. The topological polar surface area (TPSA) is 43.3 Å². The molecule has 23 heavy (non-hydrogen) atoms. The van der Waals surface area contributed by atoms with Gasteiger partial charge in [-0.2, -0.15) is 0 Å². The molecule has 4 heteroatoms. The van der Waals surface area contributed by atoms with E-state index in [1.807, 2.05) is 39.0 Å². The molecule has 2 aromatic rings. The molecule has 0 unspecified atom stereocenters. The van der Waals surface area contributed by atoms with Gasteiger partial charge in [-0.25, -0.2) is 4.79 Å². The molecule has 0 bridgehead atoms. The highest BCUT2D eigenvalue weighted by atomic mass is 16.5. The van der Waals surface area contributed by atoms with Crippen molar-refractivity contribution >= 4 is 16.9 Å². The monoisotopic (exact) mass is 316 g/mol. The molecule has 0 spiro atoms. The molecule has 0 amide bonds. The third-order valence-corrected chi connectivity index (χ3v) is 4.52. The van der Waals surface area contributed by atoms with Gasteiger partial charge in [-0.15, -0.1) is 0 Å². The number of benzene rings is 1. The van der Waals surface area contributed by atoms with Gasteiger partial charge < -0.3 is 14.6 Å². The van der Waals surface area contributed by atoms with Crippen LogP contribution in [0.15, 0.2) is 24.3 Å². The average Bonchev–Trinajstić information content (AvgIpc) is 2.89. The highest BCUT2D eigenvalue weighted by molar-refractivity contribution is 6.05. The van der Waals surface area contributed by atoms with Crippen LogP contribution in [0.1, 0.15) is 42.7 Å². The largest absolute Gasteiger partial charge is 0.465 e. The molecule has 1 aromatic carbocycles. The summed E-state index contributed by atoms with van der Waals surface area (Å²) in [5.74, 6) is 0.430. The van der Waals surface area contributed by atoms with Gasteiger partial charge in [-0.1, -0.05) is 32.0 Å². The summed E-state index contributed by atoms with van der Waals surface area (Å²) in [4.78, 5) is 12.1. The number of para-hydroxylation sites is 1. The van der Waals surface area contributed by atoms with E-state index >= 15 is 0 Å². The Morgan fingerprint density at radius 2 is 1.91 bits per heavy atom. The molecule has 0 aliphatic carbocycles. The highest BCUT2D eigenvalue weighted by Crippen LogP contribution is 2.28. The molecule has 126 valence electrons. The van der Waals surface area contributed by atoms with Crippen molar-refractivity contribution in [3.63, 3.8) is 0 Å². The van der Waals surface area contributed by atoms with Gasteiger partial charge in [-0.3, -0.25) is 0 Å². The molecular formula is C19H28N2O2. The lowest BCUT2D eigenvalue weighted by atomic mass is 9.98. The van der Waals surface area contributed by atoms with E-state index in [2.05, 4.69) is 16.0 Å². The predicted octanol–water partition coefficient (Wildman–Crippen LogP) is 3.76. The van der Waals surface area contributed by atoms with Crippen molar-refractivity contribution in [2.45, 2.75) is 40.2 Å². The third kappa shape index (κ3) is 3.58. The second kappa shape index (κ2) is 8.16. The van der Waals surface area contributed by atoms with E-state index < -0.39 is 0 Å². The number of hydrogen-bond donors (Lipinski definition) is 1. The van der Waals surface area contributed by atoms with Gasteiger partial charge in [0.15, 0.2) is 0 Å². The molecule has 0 atom stereocenters. The second-order valence-corrected chi connectivity index (χ2v) is 5.77. The minimum Gasteiger partial charge on any atom is -0.465 e. The number of piperidine rings is 1. The standard InChI is InChI=1S/C17H22N2O2.C2H6/c1-12-16(17(20)21-2)14-5-3-4-6-15(14)19(12)11-13-7-9-18-10-8-13;1-2/h3-6,13,18H,7-11H2,1-2H3;1-2H3. The lowest BCUT2D eigenvalue weighted by molar-refractivity contribution is 0.0601. The maximum atomic E-state index is 12.1. The fourth-order valence-electron chi connectivity index (χ4n) is 3.35. The Morgan fingerprint density at radius 3 is 2.57 bits per heavy atom. The number of rotatable bonds is 3. The Bertz CT molecular complexity index is 655. The van der Waals surface area contributed by atoms with E-state index in [1.54, 1.807) is 0 Å². The highest BCUT2D eigenvalue weighted by Gasteiger charge is 2.22. The number of carbonyl (C=O) groups is 1. The van der Waals surface area contributed by atoms with Gasteiger partial charge in [0, 0.05) is 23.1 Å². The summed E-state index contributed by atoms with van der Waals surface area (Å²) in [6, 6.07) is 8.11. The van der Waals surface area contributed by atoms with Gasteiger partial charge in [0.25, 0.3) is 0 Å². The molecule has 1 aromatic heterocycles. The van der Waals surface area contributed by atoms with Crippen LogP contribution in [0.3, 0.4) is 0 Å². The van der Waals surface area contributed by atoms with E-state index in [-0.39, 0.29) is 5.97 Å². The molecule has 1 saturated heterocycles.